The molecule has 3 heterocycles. The van der Waals surface area contributed by atoms with Gasteiger partial charge in [-0.05, 0) is 55.9 Å². The minimum atomic E-state index is -0.289. The number of pyridine rings is 1. The molecule has 31 heavy (non-hydrogen) atoms. The lowest BCUT2D eigenvalue weighted by Gasteiger charge is -2.28. The van der Waals surface area contributed by atoms with Crippen molar-refractivity contribution in [1.29, 1.82) is 5.41 Å². The number of hydrogen-bond donors (Lipinski definition) is 4. The van der Waals surface area contributed by atoms with Crippen molar-refractivity contribution < 1.29 is 4.74 Å². The molecule has 0 amide bonds. The number of aromatic nitrogens is 1. The molecule has 1 unspecified atom stereocenters. The molecule has 2 aliphatic heterocycles. The second kappa shape index (κ2) is 8.65. The predicted molar refractivity (Wildman–Crippen MR) is 127 cm³/mol. The molecule has 0 saturated heterocycles. The van der Waals surface area contributed by atoms with E-state index in [1.165, 1.54) is 0 Å². The minimum Gasteiger partial charge on any atom is -0.393 e. The van der Waals surface area contributed by atoms with Crippen LogP contribution in [0.4, 0.5) is 5.82 Å². The summed E-state index contributed by atoms with van der Waals surface area (Å²) >= 11 is 0. The van der Waals surface area contributed by atoms with E-state index in [1.807, 2.05) is 56.4 Å². The molecular weight excluding hydrogens is 390 g/mol. The average Bonchev–Trinajstić information content (AvgIpc) is 2.76. The maximum absolute atomic E-state index is 13.7. The lowest BCUT2D eigenvalue weighted by atomic mass is 9.95. The summed E-state index contributed by atoms with van der Waals surface area (Å²) in [6, 6.07) is 1.90. The first kappa shape index (κ1) is 20.7. The number of nitrogens with zero attached hydrogens (tertiary/aromatic N) is 1. The molecule has 160 valence electrons. The summed E-state index contributed by atoms with van der Waals surface area (Å²) in [5.41, 5.74) is 5.18. The van der Waals surface area contributed by atoms with Crippen molar-refractivity contribution in [2.24, 2.45) is 0 Å². The number of allylic oxidation sites excluding steroid dienone is 8. The van der Waals surface area contributed by atoms with Crippen molar-refractivity contribution >= 4 is 28.9 Å². The molecule has 0 bridgehead atoms. The maximum Gasteiger partial charge on any atom is 0.264 e. The van der Waals surface area contributed by atoms with Gasteiger partial charge >= 0.3 is 0 Å². The first-order valence-corrected chi connectivity index (χ1v) is 10.4. The molecule has 7 heteroatoms. The van der Waals surface area contributed by atoms with Gasteiger partial charge in [0.25, 0.3) is 5.56 Å². The molecule has 0 radical (unpaired) electrons. The van der Waals surface area contributed by atoms with E-state index in [0.717, 1.165) is 33.9 Å². The number of anilines is 1. The highest BCUT2D eigenvalue weighted by molar-refractivity contribution is 6.13. The van der Waals surface area contributed by atoms with Crippen LogP contribution in [0.15, 0.2) is 64.8 Å². The van der Waals surface area contributed by atoms with Gasteiger partial charge in [0.05, 0.1) is 12.3 Å². The van der Waals surface area contributed by atoms with Crippen LogP contribution in [-0.4, -0.2) is 36.7 Å². The van der Waals surface area contributed by atoms with Gasteiger partial charge in [-0.2, -0.15) is 0 Å². The van der Waals surface area contributed by atoms with E-state index in [-0.39, 0.29) is 11.8 Å². The Morgan fingerprint density at radius 1 is 1.32 bits per heavy atom. The third-order valence-electron chi connectivity index (χ3n) is 5.33. The Balaban J connectivity index is 1.90. The molecule has 0 spiro atoms. The molecule has 1 aliphatic carbocycles. The smallest absolute Gasteiger partial charge is 0.264 e. The lowest BCUT2D eigenvalue weighted by Crippen LogP contribution is -2.35. The van der Waals surface area contributed by atoms with Crippen LogP contribution in [0.25, 0.3) is 17.3 Å². The van der Waals surface area contributed by atoms with E-state index in [4.69, 9.17) is 10.1 Å². The van der Waals surface area contributed by atoms with E-state index in [9.17, 15) is 4.79 Å². The number of hydrogen-bond acceptors (Lipinski definition) is 6. The molecule has 1 aromatic rings. The highest BCUT2D eigenvalue weighted by atomic mass is 16.5. The van der Waals surface area contributed by atoms with Crippen LogP contribution in [-0.2, 0) is 4.74 Å². The molecule has 1 aromatic heterocycles. The Morgan fingerprint density at radius 3 is 2.87 bits per heavy atom. The topological polar surface area (TPSA) is 91.2 Å². The zero-order valence-electron chi connectivity index (χ0n) is 18.0. The van der Waals surface area contributed by atoms with Crippen molar-refractivity contribution in [3.8, 4) is 0 Å². The van der Waals surface area contributed by atoms with E-state index >= 15 is 0 Å². The van der Waals surface area contributed by atoms with Gasteiger partial charge in [-0.15, -0.1) is 0 Å². The van der Waals surface area contributed by atoms with Gasteiger partial charge in [0.2, 0.25) is 0 Å². The summed E-state index contributed by atoms with van der Waals surface area (Å²) in [7, 11) is 1.79. The Hall–Kier alpha value is -3.58. The van der Waals surface area contributed by atoms with Crippen molar-refractivity contribution in [3.63, 3.8) is 0 Å². The Kier molecular flexibility index (Phi) is 5.77. The Morgan fingerprint density at radius 2 is 2.16 bits per heavy atom. The summed E-state index contributed by atoms with van der Waals surface area (Å²) < 4.78 is 7.45. The predicted octanol–water partition coefficient (Wildman–Crippen LogP) is 3.07. The van der Waals surface area contributed by atoms with Crippen LogP contribution < -0.4 is 21.5 Å². The fourth-order valence-electron chi connectivity index (χ4n) is 3.77. The van der Waals surface area contributed by atoms with Crippen LogP contribution in [0.1, 0.15) is 25.0 Å². The second-order valence-corrected chi connectivity index (χ2v) is 7.48. The highest BCUT2D eigenvalue weighted by Crippen LogP contribution is 2.30. The zero-order chi connectivity index (χ0) is 22.0. The first-order chi connectivity index (χ1) is 15.0. The number of nitrogens with one attached hydrogen (secondary N) is 4. The van der Waals surface area contributed by atoms with Crippen LogP contribution in [0.5, 0.6) is 0 Å². The van der Waals surface area contributed by atoms with Gasteiger partial charge in [0.1, 0.15) is 12.0 Å². The quantitative estimate of drug-likeness (QED) is 0.591. The van der Waals surface area contributed by atoms with Crippen molar-refractivity contribution in [2.45, 2.75) is 20.1 Å². The van der Waals surface area contributed by atoms with Gasteiger partial charge < -0.3 is 26.1 Å². The molecule has 1 atom stereocenters. The summed E-state index contributed by atoms with van der Waals surface area (Å²) in [6.07, 6.45) is 14.8. The standard InChI is InChI=1S/C24H27N5O2/c1-4-31-22-10-7-17-12-20(16-6-9-21(25)18(11-16)13-26-3)24(30)29(23(17)28-22)19-8-5-15(2)27-14-19/h5-13,22,25-28H,4,14H2,1-3H3/b18-13-,25-21?. The van der Waals surface area contributed by atoms with E-state index in [1.54, 1.807) is 23.9 Å². The Bertz CT molecular complexity index is 1160. The van der Waals surface area contributed by atoms with Crippen LogP contribution >= 0.6 is 0 Å². The van der Waals surface area contributed by atoms with Crippen LogP contribution in [0.2, 0.25) is 0 Å². The van der Waals surface area contributed by atoms with E-state index in [2.05, 4.69) is 16.0 Å². The number of dihydropyridines is 1. The van der Waals surface area contributed by atoms with E-state index in [0.29, 0.717) is 24.4 Å². The van der Waals surface area contributed by atoms with Crippen molar-refractivity contribution in [1.82, 2.24) is 15.2 Å². The van der Waals surface area contributed by atoms with Gasteiger partial charge in [-0.3, -0.25) is 9.36 Å². The van der Waals surface area contributed by atoms with E-state index < -0.39 is 0 Å². The Labute approximate surface area is 181 Å². The maximum atomic E-state index is 13.7. The largest absolute Gasteiger partial charge is 0.393 e. The lowest BCUT2D eigenvalue weighted by molar-refractivity contribution is 0.115. The third-order valence-corrected chi connectivity index (χ3v) is 5.33. The first-order valence-electron chi connectivity index (χ1n) is 10.4. The summed E-state index contributed by atoms with van der Waals surface area (Å²) in [6.45, 7) is 5.05. The monoisotopic (exact) mass is 417 g/mol. The third kappa shape index (κ3) is 4.04. The summed E-state index contributed by atoms with van der Waals surface area (Å²) in [5.74, 6) is 0.717. The van der Waals surface area contributed by atoms with Gasteiger partial charge in [0.15, 0.2) is 0 Å². The molecule has 0 fully saturated rings. The zero-order valence-corrected chi connectivity index (χ0v) is 18.0. The molecular formula is C24H27N5O2. The highest BCUT2D eigenvalue weighted by Gasteiger charge is 2.23. The summed E-state index contributed by atoms with van der Waals surface area (Å²) in [4.78, 5) is 13.7. The fourth-order valence-corrected chi connectivity index (χ4v) is 3.77. The van der Waals surface area contributed by atoms with Crippen molar-refractivity contribution in [2.75, 3.05) is 25.5 Å². The van der Waals surface area contributed by atoms with Gasteiger partial charge in [-0.25, -0.2) is 0 Å². The number of fused-ring (bicyclic) bond motifs is 1. The van der Waals surface area contributed by atoms with Gasteiger partial charge in [0, 0.05) is 47.9 Å². The number of ether oxygens (including phenoxy) is 1. The average molecular weight is 418 g/mol. The minimum absolute atomic E-state index is 0.120. The molecule has 7 nitrogen and oxygen atoms in total. The number of rotatable bonds is 5. The molecule has 4 rings (SSSR count). The fraction of sp³-hybridized carbons (Fsp3) is 0.250. The molecule has 0 saturated carbocycles. The SMILES string of the molecule is CCOC1C=Cc2cc(C3=C/C(=C/NC)C(=N)C=C3)c(=O)n(C3=CC=C(C)NC3)c2N1. The van der Waals surface area contributed by atoms with Gasteiger partial charge in [-0.1, -0.05) is 12.2 Å². The van der Waals surface area contributed by atoms with Crippen molar-refractivity contribution in [3.05, 3.63) is 81.5 Å². The normalized spacial score (nSPS) is 21.0. The molecule has 0 aromatic carbocycles. The van der Waals surface area contributed by atoms with Crippen LogP contribution in [0, 0.1) is 5.41 Å². The van der Waals surface area contributed by atoms with Crippen LogP contribution in [0.3, 0.4) is 0 Å². The molecule has 4 N–H and O–H groups in total. The molecule has 3 aliphatic rings. The summed E-state index contributed by atoms with van der Waals surface area (Å²) in [5, 5.41) is 17.7. The second-order valence-electron chi connectivity index (χ2n) is 7.48.